The smallest absolute Gasteiger partial charge is 0.354 e. The van der Waals surface area contributed by atoms with Gasteiger partial charge in [-0.25, -0.2) is 9.18 Å². The Kier molecular flexibility index (Phi) is 7.19. The van der Waals surface area contributed by atoms with Crippen molar-refractivity contribution in [1.29, 1.82) is 0 Å². The minimum atomic E-state index is -0.791. The number of hydrogen-bond acceptors (Lipinski definition) is 5. The fraction of sp³-hybridized carbons (Fsp3) is 0.333. The first-order chi connectivity index (χ1) is 18.3. The molecule has 0 spiro atoms. The van der Waals surface area contributed by atoms with Gasteiger partial charge in [0.2, 0.25) is 0 Å². The zero-order chi connectivity index (χ0) is 27.0. The van der Waals surface area contributed by atoms with Crippen LogP contribution >= 0.6 is 0 Å². The quantitative estimate of drug-likeness (QED) is 0.276. The predicted octanol–water partition coefficient (Wildman–Crippen LogP) is 5.30. The Morgan fingerprint density at radius 2 is 2.03 bits per heavy atom. The van der Waals surface area contributed by atoms with Gasteiger partial charge in [-0.15, -0.1) is 6.58 Å². The molecule has 1 aliphatic rings. The number of fused-ring (bicyclic) bond motifs is 2. The van der Waals surface area contributed by atoms with Crippen LogP contribution < -0.4 is 16.2 Å². The maximum atomic E-state index is 15.7. The average molecular weight is 517 g/mol. The first kappa shape index (κ1) is 25.9. The molecule has 0 aliphatic carbocycles. The van der Waals surface area contributed by atoms with Crippen LogP contribution in [0.2, 0.25) is 0 Å². The van der Waals surface area contributed by atoms with Crippen LogP contribution in [-0.4, -0.2) is 32.3 Å². The van der Waals surface area contributed by atoms with E-state index in [1.807, 2.05) is 37.3 Å². The molecule has 7 nitrogen and oxygen atoms in total. The van der Waals surface area contributed by atoms with Crippen LogP contribution in [0.15, 0.2) is 60.0 Å². The number of aliphatic hydroxyl groups excluding tert-OH is 1. The van der Waals surface area contributed by atoms with E-state index in [1.165, 1.54) is 4.57 Å². The molecule has 4 N–H and O–H groups in total. The van der Waals surface area contributed by atoms with Crippen molar-refractivity contribution in [2.75, 3.05) is 6.61 Å². The highest BCUT2D eigenvalue weighted by atomic mass is 19.1. The van der Waals surface area contributed by atoms with Gasteiger partial charge in [-0.1, -0.05) is 25.1 Å². The van der Waals surface area contributed by atoms with Gasteiger partial charge in [0.15, 0.2) is 11.6 Å². The highest BCUT2D eigenvalue weighted by Crippen LogP contribution is 2.41. The van der Waals surface area contributed by atoms with Crippen molar-refractivity contribution in [3.63, 3.8) is 0 Å². The van der Waals surface area contributed by atoms with Crippen molar-refractivity contribution in [3.8, 4) is 22.7 Å². The fourth-order valence-corrected chi connectivity index (χ4v) is 4.99. The molecule has 198 valence electrons. The molecule has 0 saturated heterocycles. The zero-order valence-corrected chi connectivity index (χ0v) is 21.7. The molecule has 3 atom stereocenters. The number of nitrogens with one attached hydrogen (secondary N) is 1. The number of ether oxygens (including phenoxy) is 1. The number of halogens is 1. The number of benzene rings is 2. The second kappa shape index (κ2) is 10.6. The second-order valence-corrected chi connectivity index (χ2v) is 10.2. The molecule has 1 aliphatic heterocycles. The van der Waals surface area contributed by atoms with Gasteiger partial charge in [0.25, 0.3) is 0 Å². The molecule has 0 fully saturated rings. The third kappa shape index (κ3) is 4.89. The Balaban J connectivity index is 1.57. The van der Waals surface area contributed by atoms with E-state index in [4.69, 9.17) is 10.5 Å². The van der Waals surface area contributed by atoms with Crippen LogP contribution in [0, 0.1) is 5.82 Å². The van der Waals surface area contributed by atoms with Crippen LogP contribution in [0.1, 0.15) is 61.8 Å². The molecule has 2 unspecified atom stereocenters. The highest BCUT2D eigenvalue weighted by Gasteiger charge is 2.27. The Hall–Kier alpha value is -3.75. The molecule has 0 saturated carbocycles. The van der Waals surface area contributed by atoms with Crippen LogP contribution in [-0.2, 0) is 6.42 Å². The van der Waals surface area contributed by atoms with Crippen LogP contribution in [0.3, 0.4) is 0 Å². The average Bonchev–Trinajstić information content (AvgIpc) is 3.33. The van der Waals surface area contributed by atoms with Crippen LogP contribution in [0.4, 0.5) is 4.39 Å². The summed E-state index contributed by atoms with van der Waals surface area (Å²) in [6.45, 7) is 8.20. The van der Waals surface area contributed by atoms with E-state index in [2.05, 4.69) is 23.5 Å². The summed E-state index contributed by atoms with van der Waals surface area (Å²) in [5.74, 6) is -0.105. The Morgan fingerprint density at radius 1 is 1.26 bits per heavy atom. The number of aliphatic hydroxyl groups is 1. The molecule has 0 radical (unpaired) electrons. The van der Waals surface area contributed by atoms with Crippen molar-refractivity contribution in [2.45, 2.75) is 57.6 Å². The van der Waals surface area contributed by atoms with Crippen molar-refractivity contribution >= 4 is 11.0 Å². The molecule has 5 rings (SSSR count). The summed E-state index contributed by atoms with van der Waals surface area (Å²) in [6, 6.07) is 11.1. The van der Waals surface area contributed by atoms with E-state index in [1.54, 1.807) is 18.3 Å². The molecule has 2 aromatic heterocycles. The lowest BCUT2D eigenvalue weighted by Gasteiger charge is -2.25. The summed E-state index contributed by atoms with van der Waals surface area (Å²) in [6.07, 6.45) is 5.27. The number of allylic oxidation sites excluding steroid dienone is 1. The molecule has 0 bridgehead atoms. The summed E-state index contributed by atoms with van der Waals surface area (Å²) in [4.78, 5) is 20.2. The number of hydrogen-bond donors (Lipinski definition) is 3. The first-order valence-electron chi connectivity index (χ1n) is 13.0. The maximum absolute atomic E-state index is 15.7. The van der Waals surface area contributed by atoms with E-state index in [9.17, 15) is 9.90 Å². The number of nitrogens with two attached hydrogens (primary N) is 1. The molecular weight excluding hydrogens is 483 g/mol. The summed E-state index contributed by atoms with van der Waals surface area (Å²) in [5, 5.41) is 11.6. The first-order valence-corrected chi connectivity index (χ1v) is 13.0. The third-order valence-electron chi connectivity index (χ3n) is 7.28. The van der Waals surface area contributed by atoms with Gasteiger partial charge in [0.05, 0.1) is 24.1 Å². The lowest BCUT2D eigenvalue weighted by atomic mass is 9.90. The minimum Gasteiger partial charge on any atom is -0.490 e. The minimum absolute atomic E-state index is 0.0500. The van der Waals surface area contributed by atoms with Gasteiger partial charge in [-0.05, 0) is 73.9 Å². The molecule has 4 aromatic rings. The van der Waals surface area contributed by atoms with E-state index in [0.717, 1.165) is 12.0 Å². The number of H-pyrrole nitrogens is 1. The summed E-state index contributed by atoms with van der Waals surface area (Å²) < 4.78 is 22.9. The lowest BCUT2D eigenvalue weighted by Crippen LogP contribution is -2.20. The lowest BCUT2D eigenvalue weighted by molar-refractivity contribution is 0.159. The Bertz CT molecular complexity index is 1540. The van der Waals surface area contributed by atoms with Crippen LogP contribution in [0.25, 0.3) is 28.0 Å². The maximum Gasteiger partial charge on any atom is 0.354 e. The second-order valence-electron chi connectivity index (χ2n) is 10.2. The topological polar surface area (TPSA) is 106 Å². The van der Waals surface area contributed by atoms with Crippen molar-refractivity contribution in [3.05, 3.63) is 88.2 Å². The molecule has 0 amide bonds. The molecule has 38 heavy (non-hydrogen) atoms. The van der Waals surface area contributed by atoms with Gasteiger partial charge in [0.1, 0.15) is 5.65 Å². The summed E-state index contributed by atoms with van der Waals surface area (Å²) in [7, 11) is 0. The summed E-state index contributed by atoms with van der Waals surface area (Å²) in [5.41, 5.74) is 9.66. The largest absolute Gasteiger partial charge is 0.490 e. The zero-order valence-electron chi connectivity index (χ0n) is 21.7. The summed E-state index contributed by atoms with van der Waals surface area (Å²) >= 11 is 0. The predicted molar refractivity (Wildman–Crippen MR) is 147 cm³/mol. The van der Waals surface area contributed by atoms with Crippen molar-refractivity contribution in [1.82, 2.24) is 14.5 Å². The fourth-order valence-electron chi connectivity index (χ4n) is 4.99. The number of nitrogens with zero attached hydrogens (tertiary/aromatic N) is 2. The molecule has 2 aromatic carbocycles. The molecular formula is C30H33FN4O3. The Labute approximate surface area is 220 Å². The van der Waals surface area contributed by atoms with Crippen LogP contribution in [0.5, 0.6) is 5.75 Å². The van der Waals surface area contributed by atoms with E-state index >= 15 is 4.39 Å². The Morgan fingerprint density at radius 3 is 2.74 bits per heavy atom. The molecule has 3 heterocycles. The van der Waals surface area contributed by atoms with Gasteiger partial charge >= 0.3 is 5.69 Å². The normalized spacial score (nSPS) is 15.5. The van der Waals surface area contributed by atoms with Gasteiger partial charge in [0, 0.05) is 28.8 Å². The number of rotatable bonds is 8. The SMILES string of the molecule is C=CC(C)c1ccc(-n2cc3cc(-c4cc(C(O)CC[C@H](C)N)c5c(c4F)OCCC5)[nH]c3nc2=O)cc1. The standard InChI is InChI=1S/C30H33FN4O3/c1-4-17(2)19-8-10-21(11-9-19)35-16-20-14-25(33-29(20)34-30(35)37)24-15-23(26(36)12-7-18(3)32)22-6-5-13-38-28(22)27(24)31/h4,8-11,14-18,26,36H,1,5-7,12-13,32H2,2-3H3,(H,33,34,37)/t17?,18-,26?/m0/s1. The number of aromatic nitrogens is 3. The van der Waals surface area contributed by atoms with E-state index in [0.29, 0.717) is 59.4 Å². The number of aromatic amines is 1. The van der Waals surface area contributed by atoms with Crippen molar-refractivity contribution in [2.24, 2.45) is 5.73 Å². The monoisotopic (exact) mass is 516 g/mol. The highest BCUT2D eigenvalue weighted by molar-refractivity contribution is 5.83. The third-order valence-corrected chi connectivity index (χ3v) is 7.28. The van der Waals surface area contributed by atoms with Crippen molar-refractivity contribution < 1.29 is 14.2 Å². The van der Waals surface area contributed by atoms with Gasteiger partial charge in [-0.3, -0.25) is 4.57 Å². The molecule has 8 heteroatoms. The van der Waals surface area contributed by atoms with E-state index < -0.39 is 17.6 Å². The van der Waals surface area contributed by atoms with Gasteiger partial charge in [-0.2, -0.15) is 4.98 Å². The van der Waals surface area contributed by atoms with E-state index in [-0.39, 0.29) is 23.3 Å². The van der Waals surface area contributed by atoms with Gasteiger partial charge < -0.3 is 20.6 Å².